The van der Waals surface area contributed by atoms with Crippen LogP contribution in [0.5, 0.6) is 0 Å². The molecule has 0 saturated carbocycles. The van der Waals surface area contributed by atoms with Crippen molar-refractivity contribution in [1.82, 2.24) is 0 Å². The normalized spacial score (nSPS) is 13.1. The summed E-state index contributed by atoms with van der Waals surface area (Å²) in [5.41, 5.74) is 0. The molecular formula is C14H29Ti. The number of hydrogen-bond acceptors (Lipinski definition) is 0. The molecular weight excluding hydrogens is 216 g/mol. The molecule has 0 bridgehead atoms. The van der Waals surface area contributed by atoms with E-state index in [0.29, 0.717) is 3.72 Å². The summed E-state index contributed by atoms with van der Waals surface area (Å²) in [6, 6.07) is 0. The first-order chi connectivity index (χ1) is 6.75. The maximum absolute atomic E-state index is 2.50. The summed E-state index contributed by atoms with van der Waals surface area (Å²) in [7, 11) is 0. The number of hydrogen-bond donors (Lipinski definition) is 0. The molecule has 0 aliphatic rings. The molecule has 15 heavy (non-hydrogen) atoms. The molecule has 0 aliphatic heterocycles. The van der Waals surface area contributed by atoms with Gasteiger partial charge in [-0.2, -0.15) is 0 Å². The minimum absolute atomic E-state index is 0.576. The Morgan fingerprint density at radius 3 is 1.47 bits per heavy atom. The second kappa shape index (κ2) is 7.12. The predicted octanol–water partition coefficient (Wildman–Crippen LogP) is 5.22. The van der Waals surface area contributed by atoms with Crippen LogP contribution in [0.4, 0.5) is 0 Å². The molecule has 0 aromatic rings. The molecule has 0 radical (unpaired) electrons. The van der Waals surface area contributed by atoms with E-state index in [1.165, 1.54) is 25.7 Å². The molecule has 1 heteroatoms. The first-order valence-corrected chi connectivity index (χ1v) is 7.28. The van der Waals surface area contributed by atoms with E-state index < -0.39 is 0 Å². The van der Waals surface area contributed by atoms with E-state index in [-0.39, 0.29) is 0 Å². The Bertz CT molecular complexity index is 149. The predicted molar refractivity (Wildman–Crippen MR) is 65.7 cm³/mol. The summed E-state index contributed by atoms with van der Waals surface area (Å²) < 4.78 is 0.576. The monoisotopic (exact) mass is 245 g/mol. The molecule has 0 fully saturated rings. The summed E-state index contributed by atoms with van der Waals surface area (Å²) in [5.74, 6) is 2.52. The van der Waals surface area contributed by atoms with E-state index in [2.05, 4.69) is 62.0 Å². The van der Waals surface area contributed by atoms with Crippen LogP contribution < -0.4 is 0 Å². The van der Waals surface area contributed by atoms with Crippen molar-refractivity contribution in [3.63, 3.8) is 0 Å². The third-order valence-corrected chi connectivity index (χ3v) is 3.83. The van der Waals surface area contributed by atoms with Gasteiger partial charge in [0.15, 0.2) is 0 Å². The molecule has 0 saturated heterocycles. The van der Waals surface area contributed by atoms with Gasteiger partial charge in [0.2, 0.25) is 0 Å². The zero-order valence-corrected chi connectivity index (χ0v) is 13.1. The van der Waals surface area contributed by atoms with Gasteiger partial charge in [0.05, 0.1) is 0 Å². The first kappa shape index (κ1) is 15.7. The van der Waals surface area contributed by atoms with Gasteiger partial charge in [0.25, 0.3) is 0 Å². The summed E-state index contributed by atoms with van der Waals surface area (Å²) in [6.45, 7) is 14.1. The van der Waals surface area contributed by atoms with Gasteiger partial charge in [-0.15, -0.1) is 0 Å². The van der Waals surface area contributed by atoms with Gasteiger partial charge in [-0.05, 0) is 0 Å². The Morgan fingerprint density at radius 2 is 1.20 bits per heavy atom. The van der Waals surface area contributed by atoms with Crippen LogP contribution in [0.1, 0.15) is 67.2 Å². The van der Waals surface area contributed by atoms with Crippen LogP contribution in [-0.4, -0.2) is 0 Å². The van der Waals surface area contributed by atoms with Crippen molar-refractivity contribution in [2.24, 2.45) is 17.8 Å². The molecule has 0 nitrogen and oxygen atoms in total. The maximum atomic E-state index is 2.50. The Hall–Kier alpha value is 0.714. The van der Waals surface area contributed by atoms with Crippen LogP contribution in [-0.2, 0) is 20.4 Å². The zero-order valence-electron chi connectivity index (χ0n) is 11.6. The Labute approximate surface area is 109 Å². The fraction of sp³-hybridized carbons (Fsp3) is 1.00. The van der Waals surface area contributed by atoms with E-state index in [1.807, 2.05) is 0 Å². The van der Waals surface area contributed by atoms with Crippen molar-refractivity contribution in [3.8, 4) is 0 Å². The van der Waals surface area contributed by atoms with Crippen molar-refractivity contribution < 1.29 is 20.4 Å². The number of rotatable bonds is 7. The Morgan fingerprint density at radius 1 is 0.800 bits per heavy atom. The van der Waals surface area contributed by atoms with Gasteiger partial charge in [-0.1, -0.05) is 0 Å². The average molecular weight is 245 g/mol. The van der Waals surface area contributed by atoms with E-state index in [4.69, 9.17) is 0 Å². The van der Waals surface area contributed by atoms with Crippen LogP contribution in [0.25, 0.3) is 0 Å². The summed E-state index contributed by atoms with van der Waals surface area (Å²) >= 11 is 2.50. The van der Waals surface area contributed by atoms with E-state index in [9.17, 15) is 0 Å². The molecule has 0 aliphatic carbocycles. The van der Waals surface area contributed by atoms with Crippen molar-refractivity contribution >= 4 is 0 Å². The van der Waals surface area contributed by atoms with Crippen molar-refractivity contribution in [1.29, 1.82) is 0 Å². The van der Waals surface area contributed by atoms with Gasteiger partial charge in [0, 0.05) is 0 Å². The second-order valence-electron chi connectivity index (χ2n) is 6.41. The molecule has 0 N–H and O–H groups in total. The zero-order chi connectivity index (χ0) is 12.1. The Balaban J connectivity index is 4.26. The Kier molecular flexibility index (Phi) is 7.46. The van der Waals surface area contributed by atoms with E-state index in [1.54, 1.807) is 0 Å². The van der Waals surface area contributed by atoms with Crippen LogP contribution in [0.2, 0.25) is 3.72 Å². The van der Waals surface area contributed by atoms with E-state index in [0.717, 1.165) is 17.8 Å². The molecule has 89 valence electrons. The third kappa shape index (κ3) is 8.51. The molecule has 0 spiro atoms. The SMILES string of the molecule is CC(C)CC[C]([Ti])(CC(C)C)CC(C)C. The van der Waals surface area contributed by atoms with Crippen molar-refractivity contribution in [2.75, 3.05) is 0 Å². The summed E-state index contributed by atoms with van der Waals surface area (Å²) in [4.78, 5) is 0. The third-order valence-electron chi connectivity index (χ3n) is 2.80. The topological polar surface area (TPSA) is 0 Å². The van der Waals surface area contributed by atoms with Crippen molar-refractivity contribution in [3.05, 3.63) is 0 Å². The van der Waals surface area contributed by atoms with Gasteiger partial charge < -0.3 is 0 Å². The van der Waals surface area contributed by atoms with Crippen molar-refractivity contribution in [2.45, 2.75) is 70.9 Å². The molecule has 0 atom stereocenters. The molecule has 0 unspecified atom stereocenters. The molecule has 0 rings (SSSR count). The van der Waals surface area contributed by atoms with Crippen LogP contribution in [0, 0.1) is 17.8 Å². The van der Waals surface area contributed by atoms with Gasteiger partial charge in [-0.3, -0.25) is 0 Å². The molecule has 0 amide bonds. The van der Waals surface area contributed by atoms with Crippen LogP contribution >= 0.6 is 0 Å². The second-order valence-corrected chi connectivity index (χ2v) is 8.07. The van der Waals surface area contributed by atoms with Gasteiger partial charge in [0.1, 0.15) is 0 Å². The van der Waals surface area contributed by atoms with Crippen LogP contribution in [0.15, 0.2) is 0 Å². The fourth-order valence-electron chi connectivity index (χ4n) is 2.42. The first-order valence-electron chi connectivity index (χ1n) is 6.50. The standard InChI is InChI=1S/C14H29.Ti/c1-11(2)7-8-14(9-12(3)4)10-13(5)6;/h11-13H,7-10H2,1-6H3;. The summed E-state index contributed by atoms with van der Waals surface area (Å²) in [5, 5.41) is 0. The fourth-order valence-corrected chi connectivity index (χ4v) is 3.92. The van der Waals surface area contributed by atoms with Gasteiger partial charge in [-0.25, -0.2) is 0 Å². The average Bonchev–Trinajstić information content (AvgIpc) is 1.97. The van der Waals surface area contributed by atoms with Crippen LogP contribution in [0.3, 0.4) is 0 Å². The minimum atomic E-state index is 0.576. The summed E-state index contributed by atoms with van der Waals surface area (Å²) in [6.07, 6.45) is 5.56. The van der Waals surface area contributed by atoms with Gasteiger partial charge >= 0.3 is 109 Å². The molecule has 0 heterocycles. The quantitative estimate of drug-likeness (QED) is 0.539. The van der Waals surface area contributed by atoms with E-state index >= 15 is 0 Å². The molecule has 0 aromatic heterocycles. The molecule has 0 aromatic carbocycles.